The minimum atomic E-state index is 0.0396. The third-order valence-corrected chi connectivity index (χ3v) is 6.52. The minimum Gasteiger partial charge on any atom is -0.337 e. The van der Waals surface area contributed by atoms with Crippen LogP contribution in [0.2, 0.25) is 0 Å². The van der Waals surface area contributed by atoms with Crippen molar-refractivity contribution in [3.8, 4) is 16.5 Å². The summed E-state index contributed by atoms with van der Waals surface area (Å²) in [6.45, 7) is 9.83. The first-order valence-corrected chi connectivity index (χ1v) is 11.0. The van der Waals surface area contributed by atoms with E-state index in [2.05, 4.69) is 33.8 Å². The van der Waals surface area contributed by atoms with Crippen molar-refractivity contribution < 1.29 is 4.79 Å². The highest BCUT2D eigenvalue weighted by molar-refractivity contribution is 7.13. The highest BCUT2D eigenvalue weighted by atomic mass is 32.1. The smallest absolute Gasteiger partial charge is 0.257 e. The zero-order chi connectivity index (χ0) is 20.4. The highest BCUT2D eigenvalue weighted by Crippen LogP contribution is 2.24. The van der Waals surface area contributed by atoms with Crippen molar-refractivity contribution in [2.75, 3.05) is 26.2 Å². The van der Waals surface area contributed by atoms with E-state index in [0.717, 1.165) is 48.9 Å². The lowest BCUT2D eigenvalue weighted by atomic mass is 10.2. The fourth-order valence-corrected chi connectivity index (χ4v) is 4.66. The third kappa shape index (κ3) is 3.82. The summed E-state index contributed by atoms with van der Waals surface area (Å²) in [5.74, 6) is 0.521. The Kier molecular flexibility index (Phi) is 5.73. The lowest BCUT2D eigenvalue weighted by Crippen LogP contribution is -2.38. The molecule has 0 spiro atoms. The van der Waals surface area contributed by atoms with Crippen molar-refractivity contribution >= 4 is 17.2 Å². The van der Waals surface area contributed by atoms with Crippen molar-refractivity contribution in [2.45, 2.75) is 33.2 Å². The van der Waals surface area contributed by atoms with E-state index in [-0.39, 0.29) is 5.91 Å². The highest BCUT2D eigenvalue weighted by Gasteiger charge is 2.31. The Morgan fingerprint density at radius 2 is 2.14 bits per heavy atom. The zero-order valence-electron chi connectivity index (χ0n) is 17.1. The molecule has 4 rings (SSSR count). The average molecular weight is 411 g/mol. The number of nitrogens with zero attached hydrogens (tertiary/aromatic N) is 6. The number of aromatic nitrogens is 4. The molecule has 1 atom stereocenters. The summed E-state index contributed by atoms with van der Waals surface area (Å²) >= 11 is 1.63. The van der Waals surface area contributed by atoms with Gasteiger partial charge in [-0.25, -0.2) is 14.6 Å². The van der Waals surface area contributed by atoms with E-state index in [4.69, 9.17) is 0 Å². The Labute approximate surface area is 175 Å². The quantitative estimate of drug-likeness (QED) is 0.624. The number of hydrogen-bond donors (Lipinski definition) is 0. The summed E-state index contributed by atoms with van der Waals surface area (Å²) in [4.78, 5) is 27.6. The Balaban J connectivity index is 1.55. The van der Waals surface area contributed by atoms with E-state index in [1.54, 1.807) is 28.4 Å². The first-order chi connectivity index (χ1) is 14.1. The second kappa shape index (κ2) is 8.42. The Bertz CT molecular complexity index is 979. The monoisotopic (exact) mass is 410 g/mol. The third-order valence-electron chi connectivity index (χ3n) is 5.63. The largest absolute Gasteiger partial charge is 0.337 e. The van der Waals surface area contributed by atoms with Gasteiger partial charge in [-0.3, -0.25) is 9.69 Å². The van der Waals surface area contributed by atoms with Crippen LogP contribution in [0.25, 0.3) is 16.5 Å². The molecule has 0 N–H and O–H groups in total. The van der Waals surface area contributed by atoms with Crippen LogP contribution in [0.3, 0.4) is 0 Å². The minimum absolute atomic E-state index is 0.0396. The van der Waals surface area contributed by atoms with Crippen LogP contribution in [0, 0.1) is 6.92 Å². The zero-order valence-corrected chi connectivity index (χ0v) is 17.9. The fourth-order valence-electron chi connectivity index (χ4n) is 3.97. The number of hydrogen-bond acceptors (Lipinski definition) is 6. The average Bonchev–Trinajstić information content (AvgIpc) is 3.50. The molecule has 3 aromatic rings. The first kappa shape index (κ1) is 19.7. The van der Waals surface area contributed by atoms with Gasteiger partial charge in [-0.15, -0.1) is 11.3 Å². The van der Waals surface area contributed by atoms with Crippen molar-refractivity contribution in [1.82, 2.24) is 29.5 Å². The fraction of sp³-hybridized carbons (Fsp3) is 0.429. The molecule has 0 radical (unpaired) electrons. The van der Waals surface area contributed by atoms with Crippen LogP contribution in [0.4, 0.5) is 0 Å². The van der Waals surface area contributed by atoms with Crippen molar-refractivity contribution in [1.29, 1.82) is 0 Å². The molecule has 0 aliphatic carbocycles. The summed E-state index contributed by atoms with van der Waals surface area (Å²) < 4.78 is 1.66. The van der Waals surface area contributed by atoms with Gasteiger partial charge in [0.2, 0.25) is 0 Å². The maximum atomic E-state index is 13.1. The number of amides is 1. The molecule has 1 amide bonds. The second-order valence-corrected chi connectivity index (χ2v) is 8.14. The van der Waals surface area contributed by atoms with E-state index in [9.17, 15) is 4.79 Å². The van der Waals surface area contributed by atoms with Gasteiger partial charge in [0.05, 0.1) is 28.0 Å². The number of carbonyl (C=O) groups is 1. The molecule has 1 aliphatic rings. The van der Waals surface area contributed by atoms with Crippen LogP contribution in [-0.2, 0) is 0 Å². The number of thiophene rings is 1. The SMILES string of the molecule is CCN(CC)[C@H]1CCN(C(=O)c2cnn(-c3nccc(-c4cccs4)n3)c2C)C1. The maximum Gasteiger partial charge on any atom is 0.257 e. The molecule has 0 saturated carbocycles. The Morgan fingerprint density at radius 3 is 2.86 bits per heavy atom. The molecule has 0 bridgehead atoms. The number of likely N-dealkylation sites (tertiary alicyclic amines) is 1. The molecule has 0 unspecified atom stereocenters. The van der Waals surface area contributed by atoms with Crippen LogP contribution in [-0.4, -0.2) is 67.7 Å². The van der Waals surface area contributed by atoms with Gasteiger partial charge >= 0.3 is 0 Å². The summed E-state index contributed by atoms with van der Waals surface area (Å²) in [5, 5.41) is 6.45. The molecule has 7 nitrogen and oxygen atoms in total. The van der Waals surface area contributed by atoms with Gasteiger partial charge in [0, 0.05) is 25.3 Å². The predicted octanol–water partition coefficient (Wildman–Crippen LogP) is 3.26. The normalized spacial score (nSPS) is 16.7. The summed E-state index contributed by atoms with van der Waals surface area (Å²) in [7, 11) is 0. The van der Waals surface area contributed by atoms with Gasteiger partial charge in [-0.1, -0.05) is 19.9 Å². The summed E-state index contributed by atoms with van der Waals surface area (Å²) in [6.07, 6.45) is 4.39. The first-order valence-electron chi connectivity index (χ1n) is 10.1. The van der Waals surface area contributed by atoms with E-state index < -0.39 is 0 Å². The number of likely N-dealkylation sites (N-methyl/N-ethyl adjacent to an activating group) is 1. The Morgan fingerprint density at radius 1 is 1.31 bits per heavy atom. The predicted molar refractivity (Wildman–Crippen MR) is 114 cm³/mol. The molecule has 0 aromatic carbocycles. The topological polar surface area (TPSA) is 67.2 Å². The summed E-state index contributed by atoms with van der Waals surface area (Å²) in [5.41, 5.74) is 2.24. The molecule has 1 fully saturated rings. The Hall–Kier alpha value is -2.58. The molecular weight excluding hydrogens is 384 g/mol. The maximum absolute atomic E-state index is 13.1. The van der Waals surface area contributed by atoms with E-state index >= 15 is 0 Å². The lowest BCUT2D eigenvalue weighted by molar-refractivity contribution is 0.0777. The number of rotatable bonds is 6. The van der Waals surface area contributed by atoms with Gasteiger partial charge in [0.15, 0.2) is 0 Å². The molecule has 152 valence electrons. The molecular formula is C21H26N6OS. The van der Waals surface area contributed by atoms with Gasteiger partial charge in [-0.05, 0) is 43.9 Å². The van der Waals surface area contributed by atoms with Gasteiger partial charge in [-0.2, -0.15) is 5.10 Å². The van der Waals surface area contributed by atoms with Crippen LogP contribution in [0.5, 0.6) is 0 Å². The van der Waals surface area contributed by atoms with E-state index in [0.29, 0.717) is 17.6 Å². The second-order valence-electron chi connectivity index (χ2n) is 7.19. The van der Waals surface area contributed by atoms with Crippen LogP contribution in [0.15, 0.2) is 36.0 Å². The van der Waals surface area contributed by atoms with Crippen LogP contribution < -0.4 is 0 Å². The molecule has 1 aliphatic heterocycles. The van der Waals surface area contributed by atoms with Crippen LogP contribution in [0.1, 0.15) is 36.3 Å². The van der Waals surface area contributed by atoms with E-state index in [1.165, 1.54) is 0 Å². The molecule has 1 saturated heterocycles. The van der Waals surface area contributed by atoms with Crippen molar-refractivity contribution in [3.63, 3.8) is 0 Å². The van der Waals surface area contributed by atoms with Gasteiger partial charge < -0.3 is 4.90 Å². The van der Waals surface area contributed by atoms with E-state index in [1.807, 2.05) is 35.4 Å². The van der Waals surface area contributed by atoms with Crippen molar-refractivity contribution in [3.05, 3.63) is 47.2 Å². The molecule has 4 heterocycles. The molecule has 29 heavy (non-hydrogen) atoms. The standard InChI is InChI=1S/C21H26N6OS/c1-4-25(5-2)16-9-11-26(14-16)20(28)17-13-23-27(15(17)3)21-22-10-8-18(24-21)19-7-6-12-29-19/h6-8,10,12-13,16H,4-5,9,11,14H2,1-3H3/t16-/m0/s1. The van der Waals surface area contributed by atoms with Gasteiger partial charge in [0.1, 0.15) is 0 Å². The molecule has 8 heteroatoms. The molecule has 3 aromatic heterocycles. The number of carbonyl (C=O) groups excluding carboxylic acids is 1. The van der Waals surface area contributed by atoms with Gasteiger partial charge in [0.25, 0.3) is 11.9 Å². The summed E-state index contributed by atoms with van der Waals surface area (Å²) in [6, 6.07) is 6.36. The lowest BCUT2D eigenvalue weighted by Gasteiger charge is -2.26. The van der Waals surface area contributed by atoms with Crippen molar-refractivity contribution in [2.24, 2.45) is 0 Å². The van der Waals surface area contributed by atoms with Crippen LogP contribution >= 0.6 is 11.3 Å².